The maximum Gasteiger partial charge on any atom is 0.191 e. The number of aliphatic imine (C=N–C) groups is 1. The molecule has 0 spiro atoms. The van der Waals surface area contributed by atoms with Crippen LogP contribution < -0.4 is 10.6 Å². The van der Waals surface area contributed by atoms with Gasteiger partial charge in [-0.2, -0.15) is 5.10 Å². The lowest BCUT2D eigenvalue weighted by Crippen LogP contribution is -2.48. The summed E-state index contributed by atoms with van der Waals surface area (Å²) in [5, 5.41) is 21.4. The van der Waals surface area contributed by atoms with Gasteiger partial charge < -0.3 is 15.7 Å². The van der Waals surface area contributed by atoms with E-state index >= 15 is 0 Å². The Balaban J connectivity index is 0.00000225. The van der Waals surface area contributed by atoms with Gasteiger partial charge in [-0.3, -0.25) is 4.99 Å². The molecule has 1 aliphatic heterocycles. The smallest absolute Gasteiger partial charge is 0.191 e. The molecule has 1 aromatic heterocycles. The van der Waals surface area contributed by atoms with Gasteiger partial charge in [-0.15, -0.1) is 24.0 Å². The molecule has 1 saturated carbocycles. The molecule has 0 aromatic carbocycles. The van der Waals surface area contributed by atoms with E-state index in [1.165, 1.54) is 0 Å². The van der Waals surface area contributed by atoms with Gasteiger partial charge in [-0.05, 0) is 19.3 Å². The highest BCUT2D eigenvalue weighted by atomic mass is 127. The van der Waals surface area contributed by atoms with Crippen molar-refractivity contribution in [3.8, 4) is 0 Å². The van der Waals surface area contributed by atoms with Gasteiger partial charge >= 0.3 is 0 Å². The lowest BCUT2D eigenvalue weighted by molar-refractivity contribution is 0.134. The molecule has 1 aromatic rings. The number of aryl methyl sites for hydroxylation is 1. The normalized spacial score (nSPS) is 26.3. The van der Waals surface area contributed by atoms with Crippen LogP contribution in [0.2, 0.25) is 0 Å². The van der Waals surface area contributed by atoms with E-state index in [2.05, 4.69) is 39.6 Å². The predicted molar refractivity (Wildman–Crippen MR) is 109 cm³/mol. The minimum absolute atomic E-state index is 0. The van der Waals surface area contributed by atoms with Crippen molar-refractivity contribution in [2.75, 3.05) is 13.6 Å². The highest BCUT2D eigenvalue weighted by Gasteiger charge is 2.26. The third-order valence-electron chi connectivity index (χ3n) is 5.11. The van der Waals surface area contributed by atoms with Crippen molar-refractivity contribution in [3.05, 3.63) is 11.6 Å². The zero-order valence-corrected chi connectivity index (χ0v) is 17.7. The van der Waals surface area contributed by atoms with Crippen LogP contribution in [0.3, 0.4) is 0 Å². The van der Waals surface area contributed by atoms with Crippen LogP contribution in [-0.2, 0) is 13.0 Å². The predicted octanol–water partition coefficient (Wildman–Crippen LogP) is 1.66. The number of nitrogens with zero attached hydrogens (tertiary/aromatic N) is 4. The molecule has 0 bridgehead atoms. The molecule has 142 valence electrons. The molecule has 7 nitrogen and oxygen atoms in total. The van der Waals surface area contributed by atoms with Crippen molar-refractivity contribution in [1.29, 1.82) is 0 Å². The molecular formula is C17H31IN6O. The summed E-state index contributed by atoms with van der Waals surface area (Å²) >= 11 is 0. The van der Waals surface area contributed by atoms with Gasteiger partial charge in [0.15, 0.2) is 11.8 Å². The Labute approximate surface area is 167 Å². The molecule has 3 atom stereocenters. The number of hydrogen-bond donors (Lipinski definition) is 3. The fraction of sp³-hybridized carbons (Fsp3) is 0.824. The average Bonchev–Trinajstić information content (AvgIpc) is 3.17. The van der Waals surface area contributed by atoms with Crippen LogP contribution in [0.1, 0.15) is 57.1 Å². The Hall–Kier alpha value is -0.900. The average molecular weight is 462 g/mol. The number of guanidine groups is 1. The Morgan fingerprint density at radius 3 is 2.80 bits per heavy atom. The molecule has 2 heterocycles. The maximum atomic E-state index is 9.93. The zero-order chi connectivity index (χ0) is 17.1. The molecule has 0 amide bonds. The molecule has 3 N–H and O–H groups in total. The van der Waals surface area contributed by atoms with Crippen LogP contribution in [0.25, 0.3) is 0 Å². The van der Waals surface area contributed by atoms with Crippen LogP contribution in [0, 0.1) is 5.92 Å². The Morgan fingerprint density at radius 1 is 1.36 bits per heavy atom. The topological polar surface area (TPSA) is 87.4 Å². The van der Waals surface area contributed by atoms with E-state index in [1.807, 2.05) is 4.68 Å². The molecule has 1 aliphatic carbocycles. The fourth-order valence-electron chi connectivity index (χ4n) is 3.56. The summed E-state index contributed by atoms with van der Waals surface area (Å²) in [5.74, 6) is 3.54. The summed E-state index contributed by atoms with van der Waals surface area (Å²) in [6.45, 7) is 5.85. The van der Waals surface area contributed by atoms with Crippen LogP contribution in [0.4, 0.5) is 0 Å². The standard InChI is InChI=1S/C17H30N6O.HI/c1-11(2)16-21-15-8-7-13(10-23(15)22-16)20-17(18-3)19-9-12-5-4-6-14(12)24;/h11-14,24H,4-10H2,1-3H3,(H2,18,19,20);1H. The maximum absolute atomic E-state index is 9.93. The summed E-state index contributed by atoms with van der Waals surface area (Å²) in [6.07, 6.45) is 4.94. The first-order valence-corrected chi connectivity index (χ1v) is 9.15. The number of aliphatic hydroxyl groups excluding tert-OH is 1. The number of hydrogen-bond acceptors (Lipinski definition) is 4. The lowest BCUT2D eigenvalue weighted by Gasteiger charge is -2.26. The summed E-state index contributed by atoms with van der Waals surface area (Å²) in [6, 6.07) is 0.305. The van der Waals surface area contributed by atoms with Crippen molar-refractivity contribution in [1.82, 2.24) is 25.4 Å². The second kappa shape index (κ2) is 9.16. The number of aromatic nitrogens is 3. The minimum atomic E-state index is -0.169. The number of aliphatic hydroxyl groups is 1. The first kappa shape index (κ1) is 20.4. The summed E-state index contributed by atoms with van der Waals surface area (Å²) < 4.78 is 2.03. The summed E-state index contributed by atoms with van der Waals surface area (Å²) in [4.78, 5) is 8.96. The molecule has 3 unspecified atom stereocenters. The third kappa shape index (κ3) is 5.06. The molecule has 2 aliphatic rings. The van der Waals surface area contributed by atoms with Crippen molar-refractivity contribution < 1.29 is 5.11 Å². The van der Waals surface area contributed by atoms with Crippen LogP contribution in [0.15, 0.2) is 4.99 Å². The van der Waals surface area contributed by atoms with Gasteiger partial charge in [-0.25, -0.2) is 9.67 Å². The highest BCUT2D eigenvalue weighted by Crippen LogP contribution is 2.24. The Kier molecular flexibility index (Phi) is 7.48. The Morgan fingerprint density at radius 2 is 2.16 bits per heavy atom. The first-order chi connectivity index (χ1) is 11.6. The molecule has 0 saturated heterocycles. The largest absolute Gasteiger partial charge is 0.393 e. The third-order valence-corrected chi connectivity index (χ3v) is 5.11. The van der Waals surface area contributed by atoms with Gasteiger partial charge in [0.25, 0.3) is 0 Å². The fourth-order valence-corrected chi connectivity index (χ4v) is 3.56. The Bertz CT molecular complexity index is 588. The number of halogens is 1. The summed E-state index contributed by atoms with van der Waals surface area (Å²) in [7, 11) is 1.79. The molecule has 0 radical (unpaired) electrons. The molecule has 3 rings (SSSR count). The van der Waals surface area contributed by atoms with Crippen LogP contribution in [0.5, 0.6) is 0 Å². The SMILES string of the molecule is CN=C(NCC1CCCC1O)NC1CCc2nc(C(C)C)nn2C1.I. The molecule has 1 fully saturated rings. The van der Waals surface area contributed by atoms with E-state index < -0.39 is 0 Å². The van der Waals surface area contributed by atoms with E-state index in [9.17, 15) is 5.11 Å². The molecule has 25 heavy (non-hydrogen) atoms. The first-order valence-electron chi connectivity index (χ1n) is 9.15. The van der Waals surface area contributed by atoms with Crippen molar-refractivity contribution in [2.24, 2.45) is 10.9 Å². The highest BCUT2D eigenvalue weighted by molar-refractivity contribution is 14.0. The van der Waals surface area contributed by atoms with Gasteiger partial charge in [0, 0.05) is 37.9 Å². The van der Waals surface area contributed by atoms with Crippen LogP contribution >= 0.6 is 24.0 Å². The number of nitrogens with one attached hydrogen (secondary N) is 2. The quantitative estimate of drug-likeness (QED) is 0.360. The van der Waals surface area contributed by atoms with Gasteiger partial charge in [0.2, 0.25) is 0 Å². The van der Waals surface area contributed by atoms with Gasteiger partial charge in [0.05, 0.1) is 12.6 Å². The second-order valence-corrected chi connectivity index (χ2v) is 7.31. The van der Waals surface area contributed by atoms with E-state index in [1.54, 1.807) is 7.05 Å². The van der Waals surface area contributed by atoms with Gasteiger partial charge in [0.1, 0.15) is 5.82 Å². The van der Waals surface area contributed by atoms with E-state index in [0.717, 1.165) is 62.8 Å². The number of rotatable bonds is 4. The second-order valence-electron chi connectivity index (χ2n) is 7.31. The molecular weight excluding hydrogens is 431 g/mol. The van der Waals surface area contributed by atoms with E-state index in [-0.39, 0.29) is 30.1 Å². The monoisotopic (exact) mass is 462 g/mol. The molecule has 8 heteroatoms. The van der Waals surface area contributed by atoms with Gasteiger partial charge in [-0.1, -0.05) is 20.3 Å². The van der Waals surface area contributed by atoms with Crippen LogP contribution in [-0.4, -0.2) is 51.6 Å². The van der Waals surface area contributed by atoms with Crippen molar-refractivity contribution in [2.45, 2.75) is 70.6 Å². The zero-order valence-electron chi connectivity index (χ0n) is 15.4. The lowest BCUT2D eigenvalue weighted by atomic mass is 10.1. The minimum Gasteiger partial charge on any atom is -0.393 e. The van der Waals surface area contributed by atoms with E-state index in [0.29, 0.717) is 17.9 Å². The van der Waals surface area contributed by atoms with E-state index in [4.69, 9.17) is 0 Å². The number of fused-ring (bicyclic) bond motifs is 1. The van der Waals surface area contributed by atoms with Crippen molar-refractivity contribution in [3.63, 3.8) is 0 Å². The van der Waals surface area contributed by atoms with Crippen molar-refractivity contribution >= 4 is 29.9 Å². The summed E-state index contributed by atoms with van der Waals surface area (Å²) in [5.41, 5.74) is 0.